The Labute approximate surface area is 165 Å². The summed E-state index contributed by atoms with van der Waals surface area (Å²) in [5.74, 6) is 0.671. The van der Waals surface area contributed by atoms with Gasteiger partial charge >= 0.3 is 0 Å². The number of benzene rings is 2. The summed E-state index contributed by atoms with van der Waals surface area (Å²) in [5, 5.41) is 2.81. The van der Waals surface area contributed by atoms with Crippen molar-refractivity contribution in [1.82, 2.24) is 4.31 Å². The number of amides is 1. The van der Waals surface area contributed by atoms with Crippen molar-refractivity contribution in [3.63, 3.8) is 0 Å². The van der Waals surface area contributed by atoms with Crippen molar-refractivity contribution in [3.05, 3.63) is 48.5 Å². The van der Waals surface area contributed by atoms with Crippen LogP contribution < -0.4 is 14.8 Å². The number of nitrogens with one attached hydrogen (secondary N) is 1. The van der Waals surface area contributed by atoms with Gasteiger partial charge in [0.1, 0.15) is 17.5 Å². The van der Waals surface area contributed by atoms with E-state index < -0.39 is 16.1 Å². The molecule has 0 radical (unpaired) electrons. The molecule has 1 aliphatic heterocycles. The van der Waals surface area contributed by atoms with E-state index in [0.717, 1.165) is 12.8 Å². The van der Waals surface area contributed by atoms with Crippen LogP contribution >= 0.6 is 0 Å². The van der Waals surface area contributed by atoms with Crippen LogP contribution in [0.4, 0.5) is 5.69 Å². The van der Waals surface area contributed by atoms with E-state index in [1.165, 1.54) is 11.4 Å². The summed E-state index contributed by atoms with van der Waals surface area (Å²) in [7, 11) is -0.713. The van der Waals surface area contributed by atoms with Gasteiger partial charge in [0.2, 0.25) is 15.9 Å². The van der Waals surface area contributed by atoms with E-state index in [4.69, 9.17) is 9.47 Å². The van der Waals surface area contributed by atoms with Crippen LogP contribution in [0.25, 0.3) is 0 Å². The first-order chi connectivity index (χ1) is 13.5. The van der Waals surface area contributed by atoms with E-state index in [2.05, 4.69) is 5.32 Å². The highest BCUT2D eigenvalue weighted by molar-refractivity contribution is 7.89. The lowest BCUT2D eigenvalue weighted by Gasteiger charge is -2.33. The molecule has 28 heavy (non-hydrogen) atoms. The summed E-state index contributed by atoms with van der Waals surface area (Å²) in [5.41, 5.74) is 0.468. The first-order valence-electron chi connectivity index (χ1n) is 9.07. The smallest absolute Gasteiger partial charge is 0.243 e. The number of methoxy groups -OCH3 is 2. The zero-order valence-electron chi connectivity index (χ0n) is 15.9. The van der Waals surface area contributed by atoms with Gasteiger partial charge in [0.15, 0.2) is 0 Å². The minimum atomic E-state index is -3.75. The third-order valence-corrected chi connectivity index (χ3v) is 6.70. The number of rotatable bonds is 6. The largest absolute Gasteiger partial charge is 0.497 e. The molecular weight excluding hydrogens is 380 g/mol. The summed E-state index contributed by atoms with van der Waals surface area (Å²) < 4.78 is 37.9. The lowest BCUT2D eigenvalue weighted by atomic mass is 10.0. The Bertz CT molecular complexity index is 931. The van der Waals surface area contributed by atoms with Crippen molar-refractivity contribution in [2.24, 2.45) is 0 Å². The van der Waals surface area contributed by atoms with Gasteiger partial charge in [-0.2, -0.15) is 4.31 Å². The Morgan fingerprint density at radius 3 is 2.50 bits per heavy atom. The normalized spacial score (nSPS) is 17.7. The van der Waals surface area contributed by atoms with Crippen LogP contribution in [0.1, 0.15) is 19.3 Å². The van der Waals surface area contributed by atoms with Gasteiger partial charge in [0.05, 0.1) is 24.8 Å². The summed E-state index contributed by atoms with van der Waals surface area (Å²) in [4.78, 5) is 13.2. The lowest BCUT2D eigenvalue weighted by molar-refractivity contribution is -0.120. The fourth-order valence-corrected chi connectivity index (χ4v) is 4.98. The second-order valence-electron chi connectivity index (χ2n) is 6.50. The van der Waals surface area contributed by atoms with Crippen molar-refractivity contribution in [1.29, 1.82) is 0 Å². The van der Waals surface area contributed by atoms with Crippen LogP contribution in [0.2, 0.25) is 0 Å². The Morgan fingerprint density at radius 1 is 1.07 bits per heavy atom. The van der Waals surface area contributed by atoms with Crippen molar-refractivity contribution < 1.29 is 22.7 Å². The molecule has 0 saturated carbocycles. The second kappa shape index (κ2) is 8.62. The monoisotopic (exact) mass is 404 g/mol. The maximum Gasteiger partial charge on any atom is 0.243 e. The van der Waals surface area contributed by atoms with Crippen LogP contribution in [-0.4, -0.2) is 45.4 Å². The molecule has 150 valence electrons. The lowest BCUT2D eigenvalue weighted by Crippen LogP contribution is -2.49. The summed E-state index contributed by atoms with van der Waals surface area (Å²) in [6.45, 7) is 0.315. The molecule has 1 saturated heterocycles. The number of sulfonamides is 1. The van der Waals surface area contributed by atoms with Gasteiger partial charge in [-0.3, -0.25) is 4.79 Å². The Kier molecular flexibility index (Phi) is 6.21. The molecule has 0 bridgehead atoms. The van der Waals surface area contributed by atoms with E-state index in [9.17, 15) is 13.2 Å². The number of piperidine rings is 1. The number of carbonyl (C=O) groups excluding carboxylic acids is 1. The first-order valence-corrected chi connectivity index (χ1v) is 10.5. The topological polar surface area (TPSA) is 84.9 Å². The van der Waals surface area contributed by atoms with Crippen molar-refractivity contribution >= 4 is 21.6 Å². The molecule has 1 heterocycles. The van der Waals surface area contributed by atoms with Gasteiger partial charge < -0.3 is 14.8 Å². The SMILES string of the molecule is COc1ccc(NC(=O)[C@@H]2CCCCN2S(=O)(=O)c2ccccc2)c(OC)c1. The van der Waals surface area contributed by atoms with Gasteiger partial charge in [-0.05, 0) is 37.1 Å². The van der Waals surface area contributed by atoms with Crippen LogP contribution in [0, 0.1) is 0 Å². The fraction of sp³-hybridized carbons (Fsp3) is 0.350. The molecule has 1 fully saturated rings. The Morgan fingerprint density at radius 2 is 1.82 bits per heavy atom. The second-order valence-corrected chi connectivity index (χ2v) is 8.39. The van der Waals surface area contributed by atoms with Gasteiger partial charge in [-0.25, -0.2) is 8.42 Å². The average Bonchev–Trinajstić information content (AvgIpc) is 2.74. The Hall–Kier alpha value is -2.58. The molecule has 0 spiro atoms. The van der Waals surface area contributed by atoms with Gasteiger partial charge in [0.25, 0.3) is 0 Å². The predicted molar refractivity (Wildman–Crippen MR) is 106 cm³/mol. The first kappa shape index (κ1) is 20.2. The number of nitrogens with zero attached hydrogens (tertiary/aromatic N) is 1. The van der Waals surface area contributed by atoms with E-state index >= 15 is 0 Å². The standard InChI is InChI=1S/C20H24N2O5S/c1-26-15-11-12-17(19(14-15)27-2)21-20(23)18-10-6-7-13-22(18)28(24,25)16-8-4-3-5-9-16/h3-5,8-9,11-12,14,18H,6-7,10,13H2,1-2H3,(H,21,23)/t18-/m0/s1. The summed E-state index contributed by atoms with van der Waals surface area (Å²) in [6, 6.07) is 12.5. The molecule has 3 rings (SSSR count). The zero-order valence-corrected chi connectivity index (χ0v) is 16.7. The molecule has 1 aliphatic rings. The van der Waals surface area contributed by atoms with Gasteiger partial charge in [-0.1, -0.05) is 24.6 Å². The predicted octanol–water partition coefficient (Wildman–Crippen LogP) is 2.89. The summed E-state index contributed by atoms with van der Waals surface area (Å²) >= 11 is 0. The average molecular weight is 404 g/mol. The van der Waals surface area contributed by atoms with E-state index in [0.29, 0.717) is 30.2 Å². The van der Waals surface area contributed by atoms with E-state index in [-0.39, 0.29) is 10.8 Å². The number of carbonyl (C=O) groups is 1. The molecule has 0 aromatic heterocycles. The molecule has 2 aromatic carbocycles. The minimum Gasteiger partial charge on any atom is -0.497 e. The minimum absolute atomic E-state index is 0.191. The number of anilines is 1. The van der Waals surface area contributed by atoms with Crippen LogP contribution in [0.3, 0.4) is 0 Å². The summed E-state index contributed by atoms with van der Waals surface area (Å²) in [6.07, 6.45) is 1.98. The van der Waals surface area contributed by atoms with Crippen LogP contribution in [0.5, 0.6) is 11.5 Å². The maximum atomic E-state index is 13.1. The molecule has 1 amide bonds. The van der Waals surface area contributed by atoms with E-state index in [1.807, 2.05) is 0 Å². The van der Waals surface area contributed by atoms with Crippen LogP contribution in [0.15, 0.2) is 53.4 Å². The van der Waals surface area contributed by atoms with Gasteiger partial charge in [-0.15, -0.1) is 0 Å². The van der Waals surface area contributed by atoms with Gasteiger partial charge in [0, 0.05) is 12.6 Å². The number of hydrogen-bond donors (Lipinski definition) is 1. The molecule has 1 N–H and O–H groups in total. The molecule has 0 aliphatic carbocycles. The molecule has 7 nitrogen and oxygen atoms in total. The molecular formula is C20H24N2O5S. The number of ether oxygens (including phenoxy) is 2. The molecule has 0 unspecified atom stereocenters. The third kappa shape index (κ3) is 4.13. The van der Waals surface area contributed by atoms with Crippen molar-refractivity contribution in [2.45, 2.75) is 30.2 Å². The molecule has 1 atom stereocenters. The van der Waals surface area contributed by atoms with Crippen molar-refractivity contribution in [3.8, 4) is 11.5 Å². The zero-order chi connectivity index (χ0) is 20.1. The fourth-order valence-electron chi connectivity index (χ4n) is 3.30. The van der Waals surface area contributed by atoms with Crippen LogP contribution in [-0.2, 0) is 14.8 Å². The Balaban J connectivity index is 1.85. The highest BCUT2D eigenvalue weighted by Gasteiger charge is 2.37. The van der Waals surface area contributed by atoms with E-state index in [1.54, 1.807) is 55.6 Å². The quantitative estimate of drug-likeness (QED) is 0.800. The third-order valence-electron chi connectivity index (χ3n) is 4.77. The highest BCUT2D eigenvalue weighted by atomic mass is 32.2. The molecule has 2 aromatic rings. The molecule has 8 heteroatoms. The highest BCUT2D eigenvalue weighted by Crippen LogP contribution is 2.31. The maximum absolute atomic E-state index is 13.1. The number of hydrogen-bond acceptors (Lipinski definition) is 5. The van der Waals surface area contributed by atoms with Crippen molar-refractivity contribution in [2.75, 3.05) is 26.1 Å².